The molecular formula is C28H32ClFN4O3. The summed E-state index contributed by atoms with van der Waals surface area (Å²) in [6.45, 7) is 5.84. The van der Waals surface area contributed by atoms with Gasteiger partial charge in [-0.1, -0.05) is 29.8 Å². The minimum atomic E-state index is -1.51. The van der Waals surface area contributed by atoms with E-state index in [1.54, 1.807) is 33.2 Å². The molecule has 0 bridgehead atoms. The number of rotatable bonds is 8. The van der Waals surface area contributed by atoms with E-state index < -0.39 is 17.2 Å². The number of hydrogen-bond donors (Lipinski definition) is 0. The van der Waals surface area contributed by atoms with Crippen LogP contribution in [0.2, 0.25) is 5.02 Å². The van der Waals surface area contributed by atoms with Crippen LogP contribution in [-0.4, -0.2) is 53.5 Å². The first-order valence-electron chi connectivity index (χ1n) is 12.3. The van der Waals surface area contributed by atoms with Gasteiger partial charge in [0, 0.05) is 42.3 Å². The second-order valence-corrected chi connectivity index (χ2v) is 10.5. The molecule has 1 saturated heterocycles. The minimum absolute atomic E-state index is 0.149. The zero-order valence-corrected chi connectivity index (χ0v) is 22.1. The van der Waals surface area contributed by atoms with Crippen molar-refractivity contribution in [1.82, 2.24) is 9.97 Å². The minimum Gasteiger partial charge on any atom is -0.458 e. The van der Waals surface area contributed by atoms with Crippen LogP contribution in [0.15, 0.2) is 67.0 Å². The fraction of sp³-hybridized carbons (Fsp3) is 0.393. The third kappa shape index (κ3) is 7.40. The Kier molecular flexibility index (Phi) is 8.29. The molecular weight excluding hydrogens is 495 g/mol. The van der Waals surface area contributed by atoms with Gasteiger partial charge in [-0.25, -0.2) is 14.2 Å². The molecule has 4 rings (SSSR count). The molecule has 7 nitrogen and oxygen atoms in total. The van der Waals surface area contributed by atoms with Crippen molar-refractivity contribution in [3.05, 3.63) is 72.0 Å². The van der Waals surface area contributed by atoms with E-state index in [2.05, 4.69) is 4.98 Å². The lowest BCUT2D eigenvalue weighted by molar-refractivity contribution is -0.161. The summed E-state index contributed by atoms with van der Waals surface area (Å²) in [5, 5.41) is 0.648. The van der Waals surface area contributed by atoms with Gasteiger partial charge in [0.25, 0.3) is 0 Å². The molecule has 9 heteroatoms. The first-order chi connectivity index (χ1) is 17.6. The largest absolute Gasteiger partial charge is 0.458 e. The van der Waals surface area contributed by atoms with E-state index in [0.29, 0.717) is 29.7 Å². The highest BCUT2D eigenvalue weighted by Crippen LogP contribution is 2.35. The number of hydrogen-bond acceptors (Lipinski definition) is 7. The Labute approximate surface area is 222 Å². The number of alkyl halides is 1. The van der Waals surface area contributed by atoms with Crippen LogP contribution in [0.5, 0.6) is 0 Å². The molecule has 3 aromatic rings. The lowest BCUT2D eigenvalue weighted by Gasteiger charge is -2.37. The monoisotopic (exact) mass is 526 g/mol. The maximum Gasteiger partial charge on any atom is 0.332 e. The Morgan fingerprint density at radius 1 is 1.05 bits per heavy atom. The fourth-order valence-electron chi connectivity index (χ4n) is 4.16. The average Bonchev–Trinajstić information content (AvgIpc) is 2.86. The van der Waals surface area contributed by atoms with Crippen molar-refractivity contribution in [2.75, 3.05) is 36.1 Å². The third-order valence-corrected chi connectivity index (χ3v) is 6.17. The number of esters is 1. The molecule has 1 aliphatic heterocycles. The van der Waals surface area contributed by atoms with Crippen molar-refractivity contribution in [3.63, 3.8) is 0 Å². The fourth-order valence-corrected chi connectivity index (χ4v) is 4.28. The standard InChI is InChI=1S/C28H32ClFN4O3/c1-27(2,3)37-26(35)19-36-20-28(30)13-15-33(16-14-28)24-17-31-18-25(32-24)34(22-7-5-4-6-8-22)23-11-9-21(29)10-12-23/h4-12,17-18H,13-16,19-20H2,1-3H3. The van der Waals surface area contributed by atoms with E-state index in [9.17, 15) is 4.79 Å². The van der Waals surface area contributed by atoms with Crippen LogP contribution in [0.1, 0.15) is 33.6 Å². The highest BCUT2D eigenvalue weighted by molar-refractivity contribution is 6.30. The second kappa shape index (κ2) is 11.4. The first-order valence-corrected chi connectivity index (χ1v) is 12.7. The van der Waals surface area contributed by atoms with Crippen LogP contribution in [-0.2, 0) is 14.3 Å². The van der Waals surface area contributed by atoms with Gasteiger partial charge in [-0.05, 0) is 57.2 Å². The average molecular weight is 527 g/mol. The molecule has 196 valence electrons. The van der Waals surface area contributed by atoms with Crippen LogP contribution in [0.3, 0.4) is 0 Å². The summed E-state index contributed by atoms with van der Waals surface area (Å²) in [4.78, 5) is 25.2. The van der Waals surface area contributed by atoms with Gasteiger partial charge in [0.05, 0.1) is 19.0 Å². The van der Waals surface area contributed by atoms with Gasteiger partial charge in [-0.2, -0.15) is 0 Å². The van der Waals surface area contributed by atoms with Gasteiger partial charge in [-0.3, -0.25) is 9.88 Å². The van der Waals surface area contributed by atoms with Crippen LogP contribution >= 0.6 is 11.6 Å². The number of para-hydroxylation sites is 1. The number of carbonyl (C=O) groups excluding carboxylic acids is 1. The lowest BCUT2D eigenvalue weighted by Crippen LogP contribution is -2.45. The Morgan fingerprint density at radius 2 is 1.70 bits per heavy atom. The molecule has 0 amide bonds. The highest BCUT2D eigenvalue weighted by Gasteiger charge is 2.36. The summed E-state index contributed by atoms with van der Waals surface area (Å²) < 4.78 is 26.0. The Bertz CT molecular complexity index is 1180. The molecule has 0 unspecified atom stereocenters. The van der Waals surface area contributed by atoms with E-state index in [1.807, 2.05) is 64.4 Å². The summed E-state index contributed by atoms with van der Waals surface area (Å²) in [5.74, 6) is 0.817. The molecule has 0 N–H and O–H groups in total. The normalized spacial score (nSPS) is 15.3. The zero-order valence-electron chi connectivity index (χ0n) is 21.4. The quantitative estimate of drug-likeness (QED) is 0.320. The maximum absolute atomic E-state index is 15.4. The molecule has 0 atom stereocenters. The lowest BCUT2D eigenvalue weighted by atomic mass is 9.94. The number of anilines is 4. The van der Waals surface area contributed by atoms with Crippen molar-refractivity contribution in [3.8, 4) is 0 Å². The van der Waals surface area contributed by atoms with Gasteiger partial charge in [0.2, 0.25) is 0 Å². The van der Waals surface area contributed by atoms with E-state index in [-0.39, 0.29) is 26.1 Å². The highest BCUT2D eigenvalue weighted by atomic mass is 35.5. The number of nitrogens with zero attached hydrogens (tertiary/aromatic N) is 4. The molecule has 0 radical (unpaired) electrons. The number of halogens is 2. The molecule has 1 fully saturated rings. The number of aromatic nitrogens is 2. The first kappa shape index (κ1) is 26.8. The molecule has 2 aromatic carbocycles. The SMILES string of the molecule is CC(C)(C)OC(=O)COCC1(F)CCN(c2cncc(N(c3ccccc3)c3ccc(Cl)cc3)n2)CC1. The van der Waals surface area contributed by atoms with E-state index in [1.165, 1.54) is 0 Å². The van der Waals surface area contributed by atoms with Gasteiger partial charge >= 0.3 is 5.97 Å². The predicted molar refractivity (Wildman–Crippen MR) is 144 cm³/mol. The van der Waals surface area contributed by atoms with Crippen molar-refractivity contribution in [2.24, 2.45) is 0 Å². The third-order valence-electron chi connectivity index (χ3n) is 5.92. The predicted octanol–water partition coefficient (Wildman–Crippen LogP) is 6.27. The summed E-state index contributed by atoms with van der Waals surface area (Å²) in [5.41, 5.74) is -0.285. The topological polar surface area (TPSA) is 67.8 Å². The van der Waals surface area contributed by atoms with Crippen molar-refractivity contribution < 1.29 is 18.7 Å². The summed E-state index contributed by atoms with van der Waals surface area (Å²) in [6.07, 6.45) is 3.91. The zero-order chi connectivity index (χ0) is 26.5. The van der Waals surface area contributed by atoms with Gasteiger partial charge in [0.1, 0.15) is 23.7 Å². The van der Waals surface area contributed by atoms with Crippen molar-refractivity contribution in [1.29, 1.82) is 0 Å². The van der Waals surface area contributed by atoms with Gasteiger partial charge in [-0.15, -0.1) is 0 Å². The Hall–Kier alpha value is -3.23. The summed E-state index contributed by atoms with van der Waals surface area (Å²) >= 11 is 6.12. The van der Waals surface area contributed by atoms with Crippen LogP contribution in [0.25, 0.3) is 0 Å². The molecule has 1 aromatic heterocycles. The van der Waals surface area contributed by atoms with E-state index in [4.69, 9.17) is 26.1 Å². The second-order valence-electron chi connectivity index (χ2n) is 10.1. The number of carbonyl (C=O) groups is 1. The Morgan fingerprint density at radius 3 is 2.35 bits per heavy atom. The molecule has 2 heterocycles. The smallest absolute Gasteiger partial charge is 0.332 e. The number of ether oxygens (including phenoxy) is 2. The molecule has 0 aliphatic carbocycles. The van der Waals surface area contributed by atoms with Gasteiger partial charge in [0.15, 0.2) is 5.82 Å². The number of benzene rings is 2. The molecule has 0 saturated carbocycles. The van der Waals surface area contributed by atoms with E-state index >= 15 is 4.39 Å². The summed E-state index contributed by atoms with van der Waals surface area (Å²) in [6, 6.07) is 17.4. The van der Waals surface area contributed by atoms with Crippen LogP contribution in [0.4, 0.5) is 27.4 Å². The van der Waals surface area contributed by atoms with Crippen LogP contribution < -0.4 is 9.80 Å². The molecule has 0 spiro atoms. The molecule has 37 heavy (non-hydrogen) atoms. The van der Waals surface area contributed by atoms with Crippen molar-refractivity contribution >= 4 is 40.6 Å². The summed E-state index contributed by atoms with van der Waals surface area (Å²) in [7, 11) is 0. The molecule has 1 aliphatic rings. The van der Waals surface area contributed by atoms with Gasteiger partial charge < -0.3 is 14.4 Å². The maximum atomic E-state index is 15.4. The number of piperidine rings is 1. The van der Waals surface area contributed by atoms with Crippen LogP contribution in [0, 0.1) is 0 Å². The van der Waals surface area contributed by atoms with E-state index in [0.717, 1.165) is 11.4 Å². The van der Waals surface area contributed by atoms with Crippen molar-refractivity contribution in [2.45, 2.75) is 44.9 Å². The Balaban J connectivity index is 1.43.